The summed E-state index contributed by atoms with van der Waals surface area (Å²) in [6.07, 6.45) is 0. The fraction of sp³-hybridized carbons (Fsp3) is 0.375. The number of Topliss-reactive ketones (excluding diaryl/α,β-unsaturated/α-hetero) is 1. The highest BCUT2D eigenvalue weighted by Crippen LogP contribution is 2.09. The third-order valence-corrected chi connectivity index (χ3v) is 1.50. The highest BCUT2D eigenvalue weighted by Gasteiger charge is 2.18. The molecule has 1 aromatic heterocycles. The van der Waals surface area contributed by atoms with Crippen molar-refractivity contribution in [3.8, 4) is 0 Å². The molecule has 0 fully saturated rings. The lowest BCUT2D eigenvalue weighted by molar-refractivity contribution is 0.0684. The monoisotopic (exact) mass is 183 g/mol. The minimum Gasteiger partial charge on any atom is -0.476 e. The van der Waals surface area contributed by atoms with Gasteiger partial charge >= 0.3 is 5.97 Å². The van der Waals surface area contributed by atoms with E-state index in [1.807, 2.05) is 0 Å². The largest absolute Gasteiger partial charge is 0.476 e. The van der Waals surface area contributed by atoms with Crippen LogP contribution in [0.2, 0.25) is 0 Å². The number of aromatic carboxylic acids is 1. The summed E-state index contributed by atoms with van der Waals surface area (Å²) in [5.41, 5.74) is -0.246. The van der Waals surface area contributed by atoms with E-state index in [1.54, 1.807) is 13.8 Å². The van der Waals surface area contributed by atoms with Crippen molar-refractivity contribution in [2.24, 2.45) is 5.92 Å². The first-order valence-electron chi connectivity index (χ1n) is 3.76. The summed E-state index contributed by atoms with van der Waals surface area (Å²) in [6.45, 7) is 3.40. The maximum Gasteiger partial charge on any atom is 0.358 e. The van der Waals surface area contributed by atoms with Gasteiger partial charge in [0.2, 0.25) is 11.5 Å². The van der Waals surface area contributed by atoms with Gasteiger partial charge in [0.25, 0.3) is 0 Å². The SMILES string of the molecule is CC(C)C(=O)c1cc(C(=O)O)no1. The molecule has 1 heterocycles. The maximum absolute atomic E-state index is 11.3. The standard InChI is InChI=1S/C8H9NO4/c1-4(2)7(10)6-3-5(8(11)12)9-13-6/h3-4H,1-2H3,(H,11,12). The zero-order valence-corrected chi connectivity index (χ0v) is 7.27. The average Bonchev–Trinajstić information content (AvgIpc) is 2.50. The molecule has 0 amide bonds. The molecule has 1 N–H and O–H groups in total. The van der Waals surface area contributed by atoms with Crippen LogP contribution in [0.5, 0.6) is 0 Å². The second-order valence-electron chi connectivity index (χ2n) is 2.90. The summed E-state index contributed by atoms with van der Waals surface area (Å²) in [5.74, 6) is -1.69. The van der Waals surface area contributed by atoms with Crippen molar-refractivity contribution in [1.29, 1.82) is 0 Å². The van der Waals surface area contributed by atoms with Gasteiger partial charge in [0.15, 0.2) is 5.69 Å². The molecule has 0 aliphatic heterocycles. The Balaban J connectivity index is 2.92. The van der Waals surface area contributed by atoms with Crippen LogP contribution in [0.3, 0.4) is 0 Å². The summed E-state index contributed by atoms with van der Waals surface area (Å²) in [7, 11) is 0. The molecule has 0 saturated carbocycles. The number of carboxylic acids is 1. The number of ketones is 1. The van der Waals surface area contributed by atoms with Crippen molar-refractivity contribution < 1.29 is 19.2 Å². The van der Waals surface area contributed by atoms with Crippen LogP contribution < -0.4 is 0 Å². The molecular weight excluding hydrogens is 174 g/mol. The number of aromatic nitrogens is 1. The molecule has 0 spiro atoms. The molecule has 5 heteroatoms. The molecule has 0 atom stereocenters. The Bertz CT molecular complexity index is 340. The maximum atomic E-state index is 11.3. The van der Waals surface area contributed by atoms with Gasteiger partial charge in [-0.3, -0.25) is 4.79 Å². The molecule has 1 rings (SSSR count). The van der Waals surface area contributed by atoms with Gasteiger partial charge in [-0.15, -0.1) is 0 Å². The van der Waals surface area contributed by atoms with Crippen LogP contribution in [-0.2, 0) is 0 Å². The first kappa shape index (κ1) is 9.44. The Labute approximate surface area is 74.3 Å². The third-order valence-electron chi connectivity index (χ3n) is 1.50. The van der Waals surface area contributed by atoms with Crippen molar-refractivity contribution in [2.45, 2.75) is 13.8 Å². The number of hydrogen-bond donors (Lipinski definition) is 1. The Morgan fingerprint density at radius 2 is 2.15 bits per heavy atom. The van der Waals surface area contributed by atoms with Crippen LogP contribution >= 0.6 is 0 Å². The molecule has 0 bridgehead atoms. The first-order valence-corrected chi connectivity index (χ1v) is 3.76. The van der Waals surface area contributed by atoms with Crippen LogP contribution in [0, 0.1) is 5.92 Å². The molecule has 1 aromatic rings. The quantitative estimate of drug-likeness (QED) is 0.712. The summed E-state index contributed by atoms with van der Waals surface area (Å²) in [4.78, 5) is 21.6. The molecule has 0 aliphatic carbocycles. The Hall–Kier alpha value is -1.65. The lowest BCUT2D eigenvalue weighted by Crippen LogP contribution is -2.05. The Morgan fingerprint density at radius 3 is 2.54 bits per heavy atom. The van der Waals surface area contributed by atoms with Gasteiger partial charge in [-0.25, -0.2) is 4.79 Å². The summed E-state index contributed by atoms with van der Waals surface area (Å²) in [6, 6.07) is 1.13. The van der Waals surface area contributed by atoms with Crippen molar-refractivity contribution >= 4 is 11.8 Å². The van der Waals surface area contributed by atoms with E-state index in [4.69, 9.17) is 5.11 Å². The molecule has 0 aromatic carbocycles. The van der Waals surface area contributed by atoms with Crippen molar-refractivity contribution in [3.05, 3.63) is 17.5 Å². The van der Waals surface area contributed by atoms with Crippen molar-refractivity contribution in [3.63, 3.8) is 0 Å². The van der Waals surface area contributed by atoms with Gasteiger partial charge in [-0.05, 0) is 0 Å². The van der Waals surface area contributed by atoms with Gasteiger partial charge in [-0.1, -0.05) is 19.0 Å². The average molecular weight is 183 g/mol. The zero-order chi connectivity index (χ0) is 10.0. The number of carbonyl (C=O) groups is 2. The number of nitrogens with zero attached hydrogens (tertiary/aromatic N) is 1. The van der Waals surface area contributed by atoms with E-state index >= 15 is 0 Å². The summed E-state index contributed by atoms with van der Waals surface area (Å²) in [5, 5.41) is 11.7. The second kappa shape index (κ2) is 3.38. The lowest BCUT2D eigenvalue weighted by Gasteiger charge is -1.96. The van der Waals surface area contributed by atoms with Crippen LogP contribution in [0.25, 0.3) is 0 Å². The van der Waals surface area contributed by atoms with E-state index in [-0.39, 0.29) is 23.2 Å². The topological polar surface area (TPSA) is 80.4 Å². The van der Waals surface area contributed by atoms with Gasteiger partial charge in [0.1, 0.15) is 0 Å². The molecule has 13 heavy (non-hydrogen) atoms. The number of carbonyl (C=O) groups excluding carboxylic acids is 1. The third kappa shape index (κ3) is 1.93. The summed E-state index contributed by atoms with van der Waals surface area (Å²) >= 11 is 0. The van der Waals surface area contributed by atoms with Gasteiger partial charge in [-0.2, -0.15) is 0 Å². The predicted octanol–water partition coefficient (Wildman–Crippen LogP) is 1.21. The molecular formula is C8H9NO4. The van der Waals surface area contributed by atoms with Crippen molar-refractivity contribution in [2.75, 3.05) is 0 Å². The smallest absolute Gasteiger partial charge is 0.358 e. The minimum absolute atomic E-state index is 0.00704. The van der Waals surface area contributed by atoms with Crippen LogP contribution in [0.4, 0.5) is 0 Å². The van der Waals surface area contributed by atoms with Gasteiger partial charge < -0.3 is 9.63 Å². The van der Waals surface area contributed by atoms with Crippen LogP contribution in [0.1, 0.15) is 34.9 Å². The van der Waals surface area contributed by atoms with Gasteiger partial charge in [0.05, 0.1) is 0 Å². The molecule has 0 saturated heterocycles. The van der Waals surface area contributed by atoms with E-state index in [1.165, 1.54) is 0 Å². The van der Waals surface area contributed by atoms with Crippen LogP contribution in [-0.4, -0.2) is 22.0 Å². The van der Waals surface area contributed by atoms with Crippen molar-refractivity contribution in [1.82, 2.24) is 5.16 Å². The zero-order valence-electron chi connectivity index (χ0n) is 7.27. The Kier molecular flexibility index (Phi) is 2.46. The van der Waals surface area contributed by atoms with E-state index in [2.05, 4.69) is 9.68 Å². The number of hydrogen-bond acceptors (Lipinski definition) is 4. The molecule has 5 nitrogen and oxygen atoms in total. The predicted molar refractivity (Wildman–Crippen MR) is 42.6 cm³/mol. The number of carboxylic acid groups (broad SMARTS) is 1. The molecule has 0 unspecified atom stereocenters. The summed E-state index contributed by atoms with van der Waals surface area (Å²) < 4.78 is 4.57. The highest BCUT2D eigenvalue weighted by atomic mass is 16.5. The van der Waals surface area contributed by atoms with E-state index in [9.17, 15) is 9.59 Å². The first-order chi connectivity index (χ1) is 6.02. The van der Waals surface area contributed by atoms with E-state index in [0.717, 1.165) is 6.07 Å². The number of rotatable bonds is 3. The fourth-order valence-corrected chi connectivity index (χ4v) is 0.777. The molecule has 0 aliphatic rings. The second-order valence-corrected chi connectivity index (χ2v) is 2.90. The van der Waals surface area contributed by atoms with E-state index in [0.29, 0.717) is 0 Å². The lowest BCUT2D eigenvalue weighted by atomic mass is 10.1. The molecule has 0 radical (unpaired) electrons. The normalized spacial score (nSPS) is 10.4. The Morgan fingerprint density at radius 1 is 1.54 bits per heavy atom. The molecule has 70 valence electrons. The fourth-order valence-electron chi connectivity index (χ4n) is 0.777. The minimum atomic E-state index is -1.20. The highest BCUT2D eigenvalue weighted by molar-refractivity contribution is 5.96. The van der Waals surface area contributed by atoms with E-state index < -0.39 is 5.97 Å². The van der Waals surface area contributed by atoms with Gasteiger partial charge in [0, 0.05) is 12.0 Å². The van der Waals surface area contributed by atoms with Crippen LogP contribution in [0.15, 0.2) is 10.6 Å².